The van der Waals surface area contributed by atoms with Crippen molar-refractivity contribution in [3.63, 3.8) is 0 Å². The fraction of sp³-hybridized carbons (Fsp3) is 0.286. The Bertz CT molecular complexity index is 711. The Balaban J connectivity index is 2.67. The van der Waals surface area contributed by atoms with E-state index in [1.54, 1.807) is 20.1 Å². The molecule has 0 saturated carbocycles. The van der Waals surface area contributed by atoms with Crippen LogP contribution in [0.3, 0.4) is 0 Å². The van der Waals surface area contributed by atoms with Crippen LogP contribution in [0.15, 0.2) is 16.6 Å². The fourth-order valence-corrected chi connectivity index (χ4v) is 3.56. The minimum absolute atomic E-state index is 0.238. The highest BCUT2D eigenvalue weighted by Gasteiger charge is 2.22. The number of carbonyl (C=O) groups excluding carboxylic acids is 2. The van der Waals surface area contributed by atoms with Crippen molar-refractivity contribution >= 4 is 54.2 Å². The van der Waals surface area contributed by atoms with Gasteiger partial charge in [-0.05, 0) is 35.0 Å². The summed E-state index contributed by atoms with van der Waals surface area (Å²) < 4.78 is 11.9. The largest absolute Gasteiger partial charge is 0.496 e. The lowest BCUT2D eigenvalue weighted by atomic mass is 10.1. The Morgan fingerprint density at radius 1 is 1.38 bits per heavy atom. The second kappa shape index (κ2) is 6.44. The van der Waals surface area contributed by atoms with E-state index in [1.807, 2.05) is 6.07 Å². The third-order valence-electron chi connectivity index (χ3n) is 2.73. The molecule has 0 unspecified atom stereocenters. The van der Waals surface area contributed by atoms with Gasteiger partial charge in [0.2, 0.25) is 5.91 Å². The van der Waals surface area contributed by atoms with Crippen LogP contribution in [0.2, 0.25) is 0 Å². The summed E-state index contributed by atoms with van der Waals surface area (Å²) in [6, 6.07) is 3.61. The average molecular weight is 372 g/mol. The van der Waals surface area contributed by atoms with Crippen LogP contribution in [0.4, 0.5) is 5.00 Å². The van der Waals surface area contributed by atoms with E-state index >= 15 is 0 Å². The number of nitrogens with one attached hydrogen (secondary N) is 1. The van der Waals surface area contributed by atoms with Crippen molar-refractivity contribution in [1.82, 2.24) is 0 Å². The topological polar surface area (TPSA) is 64.6 Å². The van der Waals surface area contributed by atoms with Gasteiger partial charge in [-0.25, -0.2) is 4.79 Å². The number of amides is 1. The molecule has 0 bridgehead atoms. The van der Waals surface area contributed by atoms with Crippen LogP contribution in [0, 0.1) is 0 Å². The van der Waals surface area contributed by atoms with Crippen molar-refractivity contribution in [1.29, 1.82) is 0 Å². The number of hydrogen-bond donors (Lipinski definition) is 1. The molecule has 2 aromatic rings. The summed E-state index contributed by atoms with van der Waals surface area (Å²) in [4.78, 5) is 23.5. The maximum absolute atomic E-state index is 12.2. The summed E-state index contributed by atoms with van der Waals surface area (Å²) in [5.74, 6) is -0.0313. The highest BCUT2D eigenvalue weighted by molar-refractivity contribution is 9.10. The van der Waals surface area contributed by atoms with Gasteiger partial charge in [-0.3, -0.25) is 4.79 Å². The van der Waals surface area contributed by atoms with E-state index in [1.165, 1.54) is 18.3 Å². The zero-order valence-corrected chi connectivity index (χ0v) is 14.2. The predicted molar refractivity (Wildman–Crippen MR) is 86.3 cm³/mol. The lowest BCUT2D eigenvalue weighted by molar-refractivity contribution is -0.114. The van der Waals surface area contributed by atoms with Crippen molar-refractivity contribution in [2.75, 3.05) is 19.0 Å². The summed E-state index contributed by atoms with van der Waals surface area (Å²) in [6.07, 6.45) is 0. The molecule has 1 N–H and O–H groups in total. The first-order valence-corrected chi connectivity index (χ1v) is 7.83. The Morgan fingerprint density at radius 2 is 2.10 bits per heavy atom. The van der Waals surface area contributed by atoms with E-state index in [2.05, 4.69) is 21.2 Å². The highest BCUT2D eigenvalue weighted by atomic mass is 79.9. The number of halogens is 1. The lowest BCUT2D eigenvalue weighted by Gasteiger charge is -2.06. The summed E-state index contributed by atoms with van der Waals surface area (Å²) in [5, 5.41) is 3.88. The first-order valence-electron chi connectivity index (χ1n) is 6.22. The number of esters is 1. The molecule has 0 saturated heterocycles. The number of hydrogen-bond acceptors (Lipinski definition) is 5. The number of ether oxygens (including phenoxy) is 2. The Kier molecular flexibility index (Phi) is 4.84. The lowest BCUT2D eigenvalue weighted by Crippen LogP contribution is -2.10. The molecule has 0 radical (unpaired) electrons. The smallest absolute Gasteiger partial charge is 0.341 e. The van der Waals surface area contributed by atoms with Gasteiger partial charge < -0.3 is 14.8 Å². The van der Waals surface area contributed by atoms with Crippen molar-refractivity contribution in [3.8, 4) is 5.75 Å². The quantitative estimate of drug-likeness (QED) is 0.829. The molecule has 7 heteroatoms. The number of thiophene rings is 1. The zero-order valence-electron chi connectivity index (χ0n) is 11.8. The molecule has 0 aliphatic rings. The maximum Gasteiger partial charge on any atom is 0.341 e. The Morgan fingerprint density at radius 3 is 2.67 bits per heavy atom. The van der Waals surface area contributed by atoms with E-state index in [0.717, 1.165) is 14.6 Å². The normalized spacial score (nSPS) is 10.5. The molecule has 112 valence electrons. The number of carbonyl (C=O) groups is 2. The van der Waals surface area contributed by atoms with Crippen LogP contribution in [0.5, 0.6) is 5.75 Å². The van der Waals surface area contributed by atoms with Gasteiger partial charge in [0, 0.05) is 17.0 Å². The van der Waals surface area contributed by atoms with Gasteiger partial charge in [0.05, 0.1) is 18.2 Å². The minimum Gasteiger partial charge on any atom is -0.496 e. The zero-order chi connectivity index (χ0) is 15.6. The summed E-state index contributed by atoms with van der Waals surface area (Å²) in [7, 11) is 1.57. The van der Waals surface area contributed by atoms with E-state index in [4.69, 9.17) is 9.47 Å². The van der Waals surface area contributed by atoms with Gasteiger partial charge in [-0.15, -0.1) is 11.3 Å². The molecule has 1 aromatic carbocycles. The molecular weight excluding hydrogens is 358 g/mol. The van der Waals surface area contributed by atoms with Crippen LogP contribution >= 0.6 is 27.3 Å². The van der Waals surface area contributed by atoms with Crippen LogP contribution in [-0.2, 0) is 9.53 Å². The Labute approximate surface area is 134 Å². The first kappa shape index (κ1) is 15.8. The summed E-state index contributed by atoms with van der Waals surface area (Å²) in [5.41, 5.74) is 0.371. The van der Waals surface area contributed by atoms with Crippen molar-refractivity contribution in [2.24, 2.45) is 0 Å². The molecule has 1 aromatic heterocycles. The van der Waals surface area contributed by atoms with Gasteiger partial charge in [-0.2, -0.15) is 0 Å². The molecule has 0 aliphatic carbocycles. The first-order chi connectivity index (χ1) is 9.97. The van der Waals surface area contributed by atoms with Gasteiger partial charge in [-0.1, -0.05) is 0 Å². The molecule has 1 amide bonds. The molecule has 0 aliphatic heterocycles. The van der Waals surface area contributed by atoms with E-state index in [9.17, 15) is 9.59 Å². The number of rotatable bonds is 4. The van der Waals surface area contributed by atoms with Gasteiger partial charge in [0.25, 0.3) is 0 Å². The van der Waals surface area contributed by atoms with Crippen LogP contribution in [0.25, 0.3) is 10.1 Å². The molecule has 0 fully saturated rings. The third kappa shape index (κ3) is 3.19. The van der Waals surface area contributed by atoms with Gasteiger partial charge in [0.15, 0.2) is 0 Å². The molecule has 2 rings (SSSR count). The van der Waals surface area contributed by atoms with Gasteiger partial charge >= 0.3 is 5.97 Å². The molecule has 5 nitrogen and oxygen atoms in total. The van der Waals surface area contributed by atoms with Crippen LogP contribution in [0.1, 0.15) is 24.2 Å². The van der Waals surface area contributed by atoms with Crippen molar-refractivity contribution in [2.45, 2.75) is 13.8 Å². The monoisotopic (exact) mass is 371 g/mol. The average Bonchev–Trinajstić information content (AvgIpc) is 2.74. The summed E-state index contributed by atoms with van der Waals surface area (Å²) in [6.45, 7) is 3.41. The predicted octanol–water partition coefficient (Wildman–Crippen LogP) is 3.81. The number of anilines is 1. The van der Waals surface area contributed by atoms with E-state index in [-0.39, 0.29) is 12.5 Å². The second-order valence-corrected chi connectivity index (χ2v) is 6.10. The SMILES string of the molecule is CCOC(=O)c1c(NC(C)=O)sc2cc(OC)c(Br)cc12. The van der Waals surface area contributed by atoms with E-state index < -0.39 is 5.97 Å². The third-order valence-corrected chi connectivity index (χ3v) is 4.42. The maximum atomic E-state index is 12.2. The summed E-state index contributed by atoms with van der Waals surface area (Å²) >= 11 is 4.71. The number of benzene rings is 1. The highest BCUT2D eigenvalue weighted by Crippen LogP contribution is 2.41. The van der Waals surface area contributed by atoms with Crippen molar-refractivity contribution < 1.29 is 19.1 Å². The second-order valence-electron chi connectivity index (χ2n) is 4.19. The van der Waals surface area contributed by atoms with Crippen LogP contribution < -0.4 is 10.1 Å². The Hall–Kier alpha value is -1.60. The molecule has 1 heterocycles. The standard InChI is InChI=1S/C14H14BrNO4S/c1-4-20-14(18)12-8-5-9(15)10(19-3)6-11(8)21-13(12)16-7(2)17/h5-6H,4H2,1-3H3,(H,16,17). The molecule has 0 spiro atoms. The van der Waals surface area contributed by atoms with E-state index in [0.29, 0.717) is 16.3 Å². The number of methoxy groups -OCH3 is 1. The molecular formula is C14H14BrNO4S. The number of fused-ring (bicyclic) bond motifs is 1. The molecule has 0 atom stereocenters. The molecule has 21 heavy (non-hydrogen) atoms. The minimum atomic E-state index is -0.454. The fourth-order valence-electron chi connectivity index (χ4n) is 1.91. The van der Waals surface area contributed by atoms with Crippen LogP contribution in [-0.4, -0.2) is 25.6 Å². The van der Waals surface area contributed by atoms with Gasteiger partial charge in [0.1, 0.15) is 16.3 Å². The van der Waals surface area contributed by atoms with Crippen molar-refractivity contribution in [3.05, 3.63) is 22.2 Å².